The Hall–Kier alpha value is -7.48. The minimum atomic E-state index is -2.47. The first-order valence-electron chi connectivity index (χ1n) is 26.6. The van der Waals surface area contributed by atoms with Gasteiger partial charge in [0.2, 0.25) is 59.1 Å². The average molecular weight is 1190 g/mol. The zero-order valence-corrected chi connectivity index (χ0v) is 47.0. The Bertz CT molecular complexity index is 2930. The third-order valence-corrected chi connectivity index (χ3v) is 17.8. The molecule has 0 radical (unpaired) electrons. The number of thioether (sulfide) groups is 1. The van der Waals surface area contributed by atoms with Crippen LogP contribution >= 0.6 is 11.8 Å². The van der Waals surface area contributed by atoms with E-state index in [-0.39, 0.29) is 46.0 Å². The van der Waals surface area contributed by atoms with Gasteiger partial charge in [0.15, 0.2) is 0 Å². The Labute approximate surface area is 476 Å². The summed E-state index contributed by atoms with van der Waals surface area (Å²) in [6.45, 7) is 2.14. The molecule has 82 heavy (non-hydrogen) atoms. The van der Waals surface area contributed by atoms with E-state index in [2.05, 4.69) is 42.2 Å². The minimum Gasteiger partial charge on any atom is -0.496 e. The number of carbonyl (C=O) groups excluding carboxylic acids is 12. The van der Waals surface area contributed by atoms with Crippen molar-refractivity contribution in [2.24, 2.45) is 17.6 Å². The fourth-order valence-electron chi connectivity index (χ4n) is 10.1. The van der Waals surface area contributed by atoms with Crippen molar-refractivity contribution < 1.29 is 81.8 Å². The number of rotatable bonds is 14. The quantitative estimate of drug-likeness (QED) is 0.0784. The van der Waals surface area contributed by atoms with Gasteiger partial charge < -0.3 is 77.8 Å². The second kappa shape index (κ2) is 27.1. The van der Waals surface area contributed by atoms with Gasteiger partial charge in [-0.3, -0.25) is 66.6 Å². The number of nitrogens with zero attached hydrogens (tertiary/aromatic N) is 3. The summed E-state index contributed by atoms with van der Waals surface area (Å²) in [5, 5.41) is 49.2. The van der Waals surface area contributed by atoms with E-state index >= 15 is 4.21 Å². The topological polar surface area (TPSA) is 428 Å². The highest BCUT2D eigenvalue weighted by atomic mass is 32.2. The van der Waals surface area contributed by atoms with Crippen LogP contribution in [0.25, 0.3) is 10.9 Å². The fraction of sp³-hybridized carbons (Fsp3) is 0.569. The number of primary amides is 1. The number of hydrogen-bond acceptors (Lipinski definition) is 18. The number of aromatic amines is 1. The molecule has 6 heterocycles. The van der Waals surface area contributed by atoms with E-state index in [1.807, 2.05) is 0 Å². The van der Waals surface area contributed by atoms with Crippen LogP contribution < -0.4 is 47.7 Å². The first kappa shape index (κ1) is 62.1. The summed E-state index contributed by atoms with van der Waals surface area (Å²) < 4.78 is 21.1. The third-order valence-electron chi connectivity index (χ3n) is 15.1. The molecule has 2 bridgehead atoms. The highest BCUT2D eigenvalue weighted by molar-refractivity contribution is 7.99. The summed E-state index contributed by atoms with van der Waals surface area (Å²) in [4.78, 5) is 170. The van der Waals surface area contributed by atoms with E-state index in [0.29, 0.717) is 36.2 Å². The number of hydrogen-bond donors (Lipinski definition) is 12. The number of likely N-dealkylation sites (tertiary alicyclic amines) is 1. The lowest BCUT2D eigenvalue weighted by Crippen LogP contribution is -2.62. The minimum absolute atomic E-state index is 0.0796. The van der Waals surface area contributed by atoms with E-state index in [1.165, 1.54) is 25.8 Å². The van der Waals surface area contributed by atoms with Crippen molar-refractivity contribution in [1.82, 2.24) is 56.9 Å². The monoisotopic (exact) mass is 1180 g/mol. The van der Waals surface area contributed by atoms with Gasteiger partial charge in [0, 0.05) is 85.5 Å². The van der Waals surface area contributed by atoms with E-state index in [1.54, 1.807) is 30.9 Å². The number of ether oxygens (including phenoxy) is 1. The summed E-state index contributed by atoms with van der Waals surface area (Å²) in [5.41, 5.74) is 6.43. The largest absolute Gasteiger partial charge is 0.496 e. The highest BCUT2D eigenvalue weighted by Crippen LogP contribution is 2.38. The molecular weight excluding hydrogens is 1120 g/mol. The summed E-state index contributed by atoms with van der Waals surface area (Å²) in [7, 11) is -1.07. The second-order valence-electron chi connectivity index (χ2n) is 20.7. The second-order valence-corrected chi connectivity index (χ2v) is 23.5. The highest BCUT2D eigenvalue weighted by Gasteiger charge is 2.45. The van der Waals surface area contributed by atoms with Gasteiger partial charge in [-0.05, 0) is 23.6 Å². The van der Waals surface area contributed by atoms with E-state index in [9.17, 15) is 72.9 Å². The molecule has 2 fully saturated rings. The predicted molar refractivity (Wildman–Crippen MR) is 289 cm³/mol. The molecule has 29 nitrogen and oxygen atoms in total. The Morgan fingerprint density at radius 2 is 1.51 bits per heavy atom. The van der Waals surface area contributed by atoms with Crippen LogP contribution in [-0.2, 0) is 80.5 Å². The maximum absolute atomic E-state index is 15.3. The molecule has 5 aliphatic heterocycles. The van der Waals surface area contributed by atoms with Gasteiger partial charge in [0.1, 0.15) is 47.0 Å². The molecule has 2 saturated heterocycles. The molecule has 0 saturated carbocycles. The average Bonchev–Trinajstić information content (AvgIpc) is 4.34. The number of nitrogens with two attached hydrogens (primary N) is 1. The summed E-state index contributed by atoms with van der Waals surface area (Å²) >= 11 is 1.42. The smallest absolute Gasteiger partial charge is 0.253 e. The van der Waals surface area contributed by atoms with Gasteiger partial charge in [-0.15, -0.1) is 11.8 Å². The molecule has 1 aromatic heterocycles. The van der Waals surface area contributed by atoms with Gasteiger partial charge in [-0.2, -0.15) is 0 Å². The van der Waals surface area contributed by atoms with Crippen LogP contribution in [0.15, 0.2) is 29.3 Å². The molecule has 1 unspecified atom stereocenters. The number of amides is 12. The number of aliphatic hydroxyl groups excluding tert-OH is 3. The zero-order valence-electron chi connectivity index (χ0n) is 45.4. The molecule has 13 N–H and O–H groups in total. The molecule has 1 aromatic carbocycles. The molecule has 5 aliphatic rings. The molecule has 12 amide bonds. The first-order valence-corrected chi connectivity index (χ1v) is 28.9. The number of carbonyl (C=O) groups is 12. The Morgan fingerprint density at radius 1 is 0.841 bits per heavy atom. The van der Waals surface area contributed by atoms with Crippen molar-refractivity contribution in [2.45, 2.75) is 117 Å². The number of H-pyrrole nitrogens is 1. The Kier molecular flexibility index (Phi) is 20.5. The number of nitrogens with one attached hydrogen (secondary N) is 8. The van der Waals surface area contributed by atoms with Crippen molar-refractivity contribution in [3.8, 4) is 5.75 Å². The number of methoxy groups -OCH3 is 1. The SMILES string of the molecule is CC[C@H](C)[C@@H]1NC(=O)CNC(=O)[C@@H]2Cc3c([nH]c4c(CSC5CN(C(=O)CCN6C(=O)C=CC6=O)C5)c(OC)ccc34)S(=O)C[C@H](NC(=O)CNC1=O)C(=O)N[C@@H](CC(N)=O)C(=O)N1C[C@H](O)C[C@H]1C(=O)N[C@@H]([C@@H](C)[C@@H](O)CO)C(=O)N2. The van der Waals surface area contributed by atoms with Gasteiger partial charge in [0.05, 0.1) is 67.5 Å². The Morgan fingerprint density at radius 3 is 2.16 bits per heavy atom. The number of fused-ring (bicyclic) bond motifs is 5. The van der Waals surface area contributed by atoms with Crippen molar-refractivity contribution in [3.05, 3.63) is 35.4 Å². The maximum Gasteiger partial charge on any atom is 0.253 e. The van der Waals surface area contributed by atoms with E-state index in [4.69, 9.17) is 10.5 Å². The van der Waals surface area contributed by atoms with Crippen LogP contribution in [0.1, 0.15) is 57.6 Å². The summed E-state index contributed by atoms with van der Waals surface area (Å²) in [5.74, 6) is -12.9. The van der Waals surface area contributed by atoms with Crippen molar-refractivity contribution in [3.63, 3.8) is 0 Å². The number of benzene rings is 1. The van der Waals surface area contributed by atoms with Gasteiger partial charge in [-0.25, -0.2) is 0 Å². The molecule has 446 valence electrons. The van der Waals surface area contributed by atoms with Crippen molar-refractivity contribution in [2.75, 3.05) is 58.7 Å². The predicted octanol–water partition coefficient (Wildman–Crippen LogP) is -5.86. The number of aliphatic hydroxyl groups is 3. The first-order chi connectivity index (χ1) is 38.9. The van der Waals surface area contributed by atoms with Crippen molar-refractivity contribution in [1.29, 1.82) is 0 Å². The Balaban J connectivity index is 1.34. The molecule has 2 aromatic rings. The molecule has 0 aliphatic carbocycles. The normalized spacial score (nSPS) is 26.7. The van der Waals surface area contributed by atoms with Crippen LogP contribution in [0.5, 0.6) is 5.75 Å². The third kappa shape index (κ3) is 14.4. The molecular formula is C51H68N12O17S2. The molecule has 7 rings (SSSR count). The molecule has 11 atom stereocenters. The maximum atomic E-state index is 15.3. The fourth-order valence-corrected chi connectivity index (χ4v) is 12.8. The number of imide groups is 1. The van der Waals surface area contributed by atoms with Gasteiger partial charge in [0.25, 0.3) is 11.8 Å². The lowest BCUT2D eigenvalue weighted by Gasteiger charge is -2.39. The molecule has 31 heteroatoms. The van der Waals surface area contributed by atoms with Gasteiger partial charge in [-0.1, -0.05) is 27.2 Å². The zero-order chi connectivity index (χ0) is 59.9. The van der Waals surface area contributed by atoms with Crippen LogP contribution in [0, 0.1) is 11.8 Å². The lowest BCUT2D eigenvalue weighted by molar-refractivity contribution is -0.144. The van der Waals surface area contributed by atoms with Crippen LogP contribution in [0.3, 0.4) is 0 Å². The standard InChI is InChI=1S/C51H68N12O17S2/c1-5-23(2)42-48(76)54-15-37(68)55-32-22-82(79)50-28(27-6-7-35(80-4)29(44(27)60-50)21-81-26-18-61(19-26)39(70)10-11-62-40(71)8-9-41(62)72)13-30(45(73)53-16-38(69)58-42)56-49(77)43(24(3)34(66)20-64)59-47(75)33-12-25(65)17-63(33)51(78)31(14-36(52)67)57-46(32)74/h6-9,23-26,30-34,42-43,60,64-66H,5,10-22H2,1-4H3,(H2,52,67)(H,53,73)(H,54,76)(H,55,68)(H,56,77)(H,57,74)(H,58,69)(H,59,75)/t23-,24-,25+,30-,31-,32-,33-,34-,42-,43-,82?/m0/s1. The lowest BCUT2D eigenvalue weighted by atomic mass is 9.93. The summed E-state index contributed by atoms with van der Waals surface area (Å²) in [6.07, 6.45) is -2.45. The summed E-state index contributed by atoms with van der Waals surface area (Å²) in [6, 6.07) is -7.09. The van der Waals surface area contributed by atoms with Crippen LogP contribution in [0.4, 0.5) is 0 Å². The van der Waals surface area contributed by atoms with E-state index < -0.39 is 187 Å². The van der Waals surface area contributed by atoms with Crippen LogP contribution in [-0.4, -0.2) is 223 Å². The van der Waals surface area contributed by atoms with E-state index in [0.717, 1.165) is 22.0 Å². The van der Waals surface area contributed by atoms with Crippen molar-refractivity contribution >= 4 is 104 Å². The number of aromatic nitrogens is 1. The van der Waals surface area contributed by atoms with Crippen LogP contribution in [0.2, 0.25) is 0 Å². The van der Waals surface area contributed by atoms with Gasteiger partial charge >= 0.3 is 0 Å². The molecule has 0 spiro atoms.